The molecule has 0 radical (unpaired) electrons. The van der Waals surface area contributed by atoms with Gasteiger partial charge in [0.25, 0.3) is 0 Å². The van der Waals surface area contributed by atoms with Crippen molar-refractivity contribution in [2.24, 2.45) is 0 Å². The van der Waals surface area contributed by atoms with Crippen molar-refractivity contribution in [1.29, 1.82) is 0 Å². The van der Waals surface area contributed by atoms with E-state index in [0.29, 0.717) is 16.9 Å². The summed E-state index contributed by atoms with van der Waals surface area (Å²) in [6, 6.07) is 4.91. The fourth-order valence-electron chi connectivity index (χ4n) is 1.51. The van der Waals surface area contributed by atoms with E-state index in [1.165, 1.54) is 0 Å². The van der Waals surface area contributed by atoms with Crippen LogP contribution in [0.4, 0.5) is 0 Å². The lowest BCUT2D eigenvalue weighted by molar-refractivity contribution is -0.147. The van der Waals surface area contributed by atoms with Gasteiger partial charge in [0.1, 0.15) is 5.75 Å². The summed E-state index contributed by atoms with van der Waals surface area (Å²) in [4.78, 5) is 10.7. The molecule has 1 unspecified atom stereocenters. The predicted molar refractivity (Wildman–Crippen MR) is 49.3 cm³/mol. The highest BCUT2D eigenvalue weighted by Crippen LogP contribution is 2.30. The van der Waals surface area contributed by atoms with Crippen LogP contribution < -0.4 is 4.74 Å². The van der Waals surface area contributed by atoms with E-state index in [2.05, 4.69) is 0 Å². The second kappa shape index (κ2) is 3.88. The Balaban J connectivity index is 2.43. The Hall–Kier alpha value is -1.59. The van der Waals surface area contributed by atoms with Crippen LogP contribution in [0.3, 0.4) is 0 Å². The summed E-state index contributed by atoms with van der Waals surface area (Å²) in [7, 11) is 0. The van der Waals surface area contributed by atoms with Crippen LogP contribution >= 0.6 is 0 Å². The zero-order chi connectivity index (χ0) is 10.8. The fourth-order valence-corrected chi connectivity index (χ4v) is 1.51. The van der Waals surface area contributed by atoms with Crippen LogP contribution in [0, 0.1) is 0 Å². The van der Waals surface area contributed by atoms with E-state index < -0.39 is 12.1 Å². The van der Waals surface area contributed by atoms with Gasteiger partial charge >= 0.3 is 5.97 Å². The Morgan fingerprint density at radius 3 is 3.00 bits per heavy atom. The summed E-state index contributed by atoms with van der Waals surface area (Å²) < 4.78 is 10.2. The molecule has 0 saturated carbocycles. The molecule has 2 rings (SSSR count). The van der Waals surface area contributed by atoms with Crippen LogP contribution in [0.25, 0.3) is 0 Å². The molecular formula is C10H10O5. The Morgan fingerprint density at radius 1 is 1.47 bits per heavy atom. The number of hydrogen-bond donors (Lipinski definition) is 2. The minimum absolute atomic E-state index is 0.152. The molecule has 80 valence electrons. The molecule has 1 heterocycles. The number of carbonyl (C=O) groups is 1. The van der Waals surface area contributed by atoms with Gasteiger partial charge < -0.3 is 19.7 Å². The summed E-state index contributed by atoms with van der Waals surface area (Å²) in [5.74, 6) is -0.715. The van der Waals surface area contributed by atoms with E-state index in [0.717, 1.165) is 0 Å². The van der Waals surface area contributed by atoms with Crippen molar-refractivity contribution in [3.05, 3.63) is 29.3 Å². The number of rotatable bonds is 2. The highest BCUT2D eigenvalue weighted by atomic mass is 16.7. The Morgan fingerprint density at radius 2 is 2.27 bits per heavy atom. The van der Waals surface area contributed by atoms with Crippen LogP contribution in [0.15, 0.2) is 18.2 Å². The van der Waals surface area contributed by atoms with Gasteiger partial charge in [0.15, 0.2) is 12.9 Å². The first-order chi connectivity index (χ1) is 7.20. The lowest BCUT2D eigenvalue weighted by Gasteiger charge is -2.21. The minimum Gasteiger partial charge on any atom is -0.479 e. The van der Waals surface area contributed by atoms with E-state index in [9.17, 15) is 9.90 Å². The summed E-state index contributed by atoms with van der Waals surface area (Å²) in [6.07, 6.45) is -1.54. The molecule has 0 aliphatic carbocycles. The number of aliphatic carboxylic acids is 1. The molecule has 1 aliphatic rings. The third-order valence-electron chi connectivity index (χ3n) is 2.24. The molecule has 0 bridgehead atoms. The van der Waals surface area contributed by atoms with Gasteiger partial charge in [-0.25, -0.2) is 4.79 Å². The molecule has 0 saturated heterocycles. The zero-order valence-electron chi connectivity index (χ0n) is 7.84. The fraction of sp³-hybridized carbons (Fsp3) is 0.300. The first-order valence-electron chi connectivity index (χ1n) is 4.43. The average Bonchev–Trinajstić information content (AvgIpc) is 2.27. The zero-order valence-corrected chi connectivity index (χ0v) is 7.84. The van der Waals surface area contributed by atoms with Gasteiger partial charge in [0, 0.05) is 11.1 Å². The van der Waals surface area contributed by atoms with E-state index >= 15 is 0 Å². The SMILES string of the molecule is O=C(O)C(O)c1cccc2c1COCO2. The predicted octanol–water partition coefficient (Wildman–Crippen LogP) is 0.671. The van der Waals surface area contributed by atoms with Crippen molar-refractivity contribution in [3.63, 3.8) is 0 Å². The molecule has 1 aliphatic heterocycles. The number of ether oxygens (including phenoxy) is 2. The molecule has 2 N–H and O–H groups in total. The van der Waals surface area contributed by atoms with Gasteiger partial charge in [0.05, 0.1) is 6.61 Å². The molecule has 5 heteroatoms. The molecule has 15 heavy (non-hydrogen) atoms. The van der Waals surface area contributed by atoms with E-state index in [4.69, 9.17) is 14.6 Å². The van der Waals surface area contributed by atoms with Crippen LogP contribution in [-0.4, -0.2) is 23.0 Å². The monoisotopic (exact) mass is 210 g/mol. The van der Waals surface area contributed by atoms with Gasteiger partial charge in [-0.05, 0) is 6.07 Å². The quantitative estimate of drug-likeness (QED) is 0.750. The van der Waals surface area contributed by atoms with Gasteiger partial charge in [-0.1, -0.05) is 12.1 Å². The maximum atomic E-state index is 10.7. The molecule has 5 nitrogen and oxygen atoms in total. The van der Waals surface area contributed by atoms with Crippen molar-refractivity contribution >= 4 is 5.97 Å². The lowest BCUT2D eigenvalue weighted by atomic mass is 10.0. The van der Waals surface area contributed by atoms with E-state index in [1.807, 2.05) is 0 Å². The molecular weight excluding hydrogens is 200 g/mol. The highest BCUT2D eigenvalue weighted by molar-refractivity contribution is 5.75. The number of fused-ring (bicyclic) bond motifs is 1. The van der Waals surface area contributed by atoms with Gasteiger partial charge in [0.2, 0.25) is 0 Å². The summed E-state index contributed by atoms with van der Waals surface area (Å²) >= 11 is 0. The summed E-state index contributed by atoms with van der Waals surface area (Å²) in [6.45, 7) is 0.412. The van der Waals surface area contributed by atoms with Crippen molar-refractivity contribution in [1.82, 2.24) is 0 Å². The second-order valence-electron chi connectivity index (χ2n) is 3.18. The van der Waals surface area contributed by atoms with Crippen LogP contribution in [0.5, 0.6) is 5.75 Å². The highest BCUT2D eigenvalue weighted by Gasteiger charge is 2.23. The first kappa shape index (κ1) is 9.95. The average molecular weight is 210 g/mol. The third kappa shape index (κ3) is 1.79. The Bertz CT molecular complexity index is 387. The van der Waals surface area contributed by atoms with Crippen molar-refractivity contribution < 1.29 is 24.5 Å². The number of aliphatic hydroxyl groups is 1. The molecule has 1 atom stereocenters. The largest absolute Gasteiger partial charge is 0.479 e. The third-order valence-corrected chi connectivity index (χ3v) is 2.24. The van der Waals surface area contributed by atoms with E-state index in [1.54, 1.807) is 18.2 Å². The normalized spacial score (nSPS) is 16.3. The van der Waals surface area contributed by atoms with Crippen molar-refractivity contribution in [2.75, 3.05) is 6.79 Å². The topological polar surface area (TPSA) is 76.0 Å². The molecule has 0 amide bonds. The Labute approximate surface area is 85.9 Å². The Kier molecular flexibility index (Phi) is 2.57. The maximum absolute atomic E-state index is 10.7. The molecule has 1 aromatic carbocycles. The molecule has 0 fully saturated rings. The lowest BCUT2D eigenvalue weighted by Crippen LogP contribution is -2.18. The van der Waals surface area contributed by atoms with Crippen LogP contribution in [0.2, 0.25) is 0 Å². The molecule has 0 aromatic heterocycles. The van der Waals surface area contributed by atoms with Crippen LogP contribution in [0.1, 0.15) is 17.2 Å². The summed E-state index contributed by atoms with van der Waals surface area (Å²) in [5, 5.41) is 18.1. The standard InChI is InChI=1S/C10H10O5/c11-9(10(12)13)6-2-1-3-8-7(6)4-14-5-15-8/h1-3,9,11H,4-5H2,(H,12,13). The van der Waals surface area contributed by atoms with Crippen LogP contribution in [-0.2, 0) is 16.1 Å². The minimum atomic E-state index is -1.54. The number of benzene rings is 1. The van der Waals surface area contributed by atoms with Gasteiger partial charge in [-0.15, -0.1) is 0 Å². The van der Waals surface area contributed by atoms with Crippen molar-refractivity contribution in [2.45, 2.75) is 12.7 Å². The second-order valence-corrected chi connectivity index (χ2v) is 3.18. The number of hydrogen-bond acceptors (Lipinski definition) is 4. The maximum Gasteiger partial charge on any atom is 0.337 e. The number of carboxylic acid groups (broad SMARTS) is 1. The van der Waals surface area contributed by atoms with Gasteiger partial charge in [-0.2, -0.15) is 0 Å². The molecule has 1 aromatic rings. The number of aliphatic hydroxyl groups excluding tert-OH is 1. The smallest absolute Gasteiger partial charge is 0.337 e. The van der Waals surface area contributed by atoms with Gasteiger partial charge in [-0.3, -0.25) is 0 Å². The summed E-state index contributed by atoms with van der Waals surface area (Å²) in [5.41, 5.74) is 0.915. The van der Waals surface area contributed by atoms with Crippen molar-refractivity contribution in [3.8, 4) is 5.75 Å². The first-order valence-corrected chi connectivity index (χ1v) is 4.43. The number of carboxylic acids is 1. The van der Waals surface area contributed by atoms with E-state index in [-0.39, 0.29) is 13.4 Å². The molecule has 0 spiro atoms.